The van der Waals surface area contributed by atoms with E-state index in [1.807, 2.05) is 6.08 Å². The Kier molecular flexibility index (Phi) is 13.3. The molecule has 20 heavy (non-hydrogen) atoms. The molecule has 0 amide bonds. The summed E-state index contributed by atoms with van der Waals surface area (Å²) in [6.07, 6.45) is 15.2. The number of aliphatic hydroxyl groups excluding tert-OH is 1. The Morgan fingerprint density at radius 1 is 0.700 bits per heavy atom. The van der Waals surface area contributed by atoms with Gasteiger partial charge in [0.25, 0.3) is 0 Å². The molecule has 0 atom stereocenters. The van der Waals surface area contributed by atoms with Gasteiger partial charge in [-0.1, -0.05) is 51.0 Å². The average Bonchev–Trinajstić information content (AvgIpc) is 2.42. The molecular weight excluding hydrogens is 252 g/mol. The third-order valence-electron chi connectivity index (χ3n) is 3.72. The van der Waals surface area contributed by atoms with E-state index in [0.717, 1.165) is 19.3 Å². The first kappa shape index (κ1) is 19.6. The molecule has 0 aliphatic carbocycles. The average molecular weight is 286 g/mol. The summed E-state index contributed by atoms with van der Waals surface area (Å²) in [4.78, 5) is 0. The Balaban J connectivity index is 3.21. The predicted octanol–water partition coefficient (Wildman–Crippen LogP) is 3.92. The Labute approximate surface area is 124 Å². The number of hydrogen-bond donors (Lipinski definition) is 3. The lowest BCUT2D eigenvalue weighted by Crippen LogP contribution is -2.28. The van der Waals surface area contributed by atoms with Crippen molar-refractivity contribution in [2.24, 2.45) is 0 Å². The van der Waals surface area contributed by atoms with Gasteiger partial charge in [0, 0.05) is 19.4 Å². The maximum atomic E-state index is 9.63. The highest BCUT2D eigenvalue weighted by Gasteiger charge is 2.20. The van der Waals surface area contributed by atoms with Gasteiger partial charge in [0.15, 0.2) is 5.79 Å². The summed E-state index contributed by atoms with van der Waals surface area (Å²) in [6.45, 7) is 3.75. The molecule has 0 saturated heterocycles. The molecule has 0 aliphatic rings. The maximum Gasteiger partial charge on any atom is 0.162 e. The minimum Gasteiger partial charge on any atom is -0.396 e. The molecule has 0 spiro atoms. The van der Waals surface area contributed by atoms with Crippen LogP contribution in [0.3, 0.4) is 0 Å². The molecule has 0 aromatic heterocycles. The minimum atomic E-state index is -1.58. The van der Waals surface area contributed by atoms with Crippen LogP contribution >= 0.6 is 0 Å². The number of unbranched alkanes of at least 4 members (excludes halogenated alkanes) is 9. The first-order valence-corrected chi connectivity index (χ1v) is 8.29. The van der Waals surface area contributed by atoms with Crippen molar-refractivity contribution in [2.75, 3.05) is 6.61 Å². The monoisotopic (exact) mass is 286 g/mol. The zero-order valence-corrected chi connectivity index (χ0v) is 13.0. The quantitative estimate of drug-likeness (QED) is 0.243. The van der Waals surface area contributed by atoms with E-state index < -0.39 is 5.79 Å². The third kappa shape index (κ3) is 14.0. The molecule has 120 valence electrons. The van der Waals surface area contributed by atoms with Gasteiger partial charge in [-0.15, -0.1) is 6.58 Å². The minimum absolute atomic E-state index is 0.0235. The van der Waals surface area contributed by atoms with Crippen molar-refractivity contribution in [1.29, 1.82) is 0 Å². The van der Waals surface area contributed by atoms with Gasteiger partial charge < -0.3 is 15.3 Å². The van der Waals surface area contributed by atoms with Crippen LogP contribution in [0.1, 0.15) is 83.5 Å². The molecule has 3 heteroatoms. The highest BCUT2D eigenvalue weighted by atomic mass is 16.5. The van der Waals surface area contributed by atoms with Gasteiger partial charge in [-0.3, -0.25) is 0 Å². The SMILES string of the molecule is C=CCCCCCCCCCCCC(O)(O)CCCO. The van der Waals surface area contributed by atoms with Crippen LogP contribution in [0.4, 0.5) is 0 Å². The van der Waals surface area contributed by atoms with Crippen LogP contribution < -0.4 is 0 Å². The Bertz CT molecular complexity index is 214. The number of hydrogen-bond acceptors (Lipinski definition) is 3. The molecule has 3 N–H and O–H groups in total. The molecule has 0 bridgehead atoms. The van der Waals surface area contributed by atoms with Gasteiger partial charge in [0.2, 0.25) is 0 Å². The molecule has 0 rings (SSSR count). The summed E-state index contributed by atoms with van der Waals surface area (Å²) in [7, 11) is 0. The highest BCUT2D eigenvalue weighted by Crippen LogP contribution is 2.18. The topological polar surface area (TPSA) is 60.7 Å². The zero-order valence-electron chi connectivity index (χ0n) is 13.0. The lowest BCUT2D eigenvalue weighted by molar-refractivity contribution is -0.173. The smallest absolute Gasteiger partial charge is 0.162 e. The van der Waals surface area contributed by atoms with E-state index in [9.17, 15) is 10.2 Å². The molecular formula is C17H34O3. The van der Waals surface area contributed by atoms with Gasteiger partial charge in [-0.25, -0.2) is 0 Å². The highest BCUT2D eigenvalue weighted by molar-refractivity contribution is 4.66. The second-order valence-corrected chi connectivity index (χ2v) is 5.82. The van der Waals surface area contributed by atoms with Crippen LogP contribution in [0.25, 0.3) is 0 Å². The molecule has 0 aliphatic heterocycles. The number of aliphatic hydroxyl groups is 3. The summed E-state index contributed by atoms with van der Waals surface area (Å²) < 4.78 is 0. The molecule has 0 aromatic carbocycles. The Morgan fingerprint density at radius 3 is 1.65 bits per heavy atom. The van der Waals surface area contributed by atoms with Crippen molar-refractivity contribution in [2.45, 2.75) is 89.3 Å². The lowest BCUT2D eigenvalue weighted by atomic mass is 10.0. The second-order valence-electron chi connectivity index (χ2n) is 5.82. The summed E-state index contributed by atoms with van der Waals surface area (Å²) in [5.41, 5.74) is 0. The van der Waals surface area contributed by atoms with Crippen molar-refractivity contribution >= 4 is 0 Å². The van der Waals surface area contributed by atoms with Crippen molar-refractivity contribution in [3.8, 4) is 0 Å². The largest absolute Gasteiger partial charge is 0.396 e. The van der Waals surface area contributed by atoms with Gasteiger partial charge in [0.05, 0.1) is 0 Å². The molecule has 0 unspecified atom stereocenters. The normalized spacial score (nSPS) is 11.8. The molecule has 0 heterocycles. The fraction of sp³-hybridized carbons (Fsp3) is 0.882. The first-order chi connectivity index (χ1) is 9.62. The van der Waals surface area contributed by atoms with Crippen molar-refractivity contribution in [3.05, 3.63) is 12.7 Å². The van der Waals surface area contributed by atoms with Crippen LogP contribution in [-0.4, -0.2) is 27.7 Å². The molecule has 0 aromatic rings. The summed E-state index contributed by atoms with van der Waals surface area (Å²) >= 11 is 0. The third-order valence-corrected chi connectivity index (χ3v) is 3.72. The maximum absolute atomic E-state index is 9.63. The van der Waals surface area contributed by atoms with E-state index in [1.54, 1.807) is 0 Å². The van der Waals surface area contributed by atoms with Crippen LogP contribution in [0.15, 0.2) is 12.7 Å². The predicted molar refractivity (Wildman–Crippen MR) is 84.5 cm³/mol. The van der Waals surface area contributed by atoms with E-state index in [2.05, 4.69) is 6.58 Å². The molecule has 0 radical (unpaired) electrons. The standard InChI is InChI=1S/C17H34O3/c1-2-3-4-5-6-7-8-9-10-11-12-14-17(19,20)15-13-16-18/h2,18-20H,1,3-16H2. The van der Waals surface area contributed by atoms with Crippen LogP contribution in [-0.2, 0) is 0 Å². The van der Waals surface area contributed by atoms with Gasteiger partial charge in [0.1, 0.15) is 0 Å². The van der Waals surface area contributed by atoms with E-state index in [-0.39, 0.29) is 13.0 Å². The molecule has 0 saturated carbocycles. The fourth-order valence-electron chi connectivity index (χ4n) is 2.42. The summed E-state index contributed by atoms with van der Waals surface area (Å²) in [6, 6.07) is 0. The van der Waals surface area contributed by atoms with Gasteiger partial charge in [-0.05, 0) is 25.7 Å². The van der Waals surface area contributed by atoms with Crippen LogP contribution in [0, 0.1) is 0 Å². The lowest BCUT2D eigenvalue weighted by Gasteiger charge is -2.21. The van der Waals surface area contributed by atoms with E-state index in [0.29, 0.717) is 12.8 Å². The van der Waals surface area contributed by atoms with Crippen molar-refractivity contribution < 1.29 is 15.3 Å². The molecule has 0 fully saturated rings. The summed E-state index contributed by atoms with van der Waals surface area (Å²) in [5.74, 6) is -1.58. The summed E-state index contributed by atoms with van der Waals surface area (Å²) in [5, 5.41) is 27.9. The Hall–Kier alpha value is -0.380. The fourth-order valence-corrected chi connectivity index (χ4v) is 2.42. The van der Waals surface area contributed by atoms with Crippen molar-refractivity contribution in [3.63, 3.8) is 0 Å². The van der Waals surface area contributed by atoms with E-state index >= 15 is 0 Å². The molecule has 3 nitrogen and oxygen atoms in total. The van der Waals surface area contributed by atoms with Crippen LogP contribution in [0.5, 0.6) is 0 Å². The van der Waals surface area contributed by atoms with E-state index in [4.69, 9.17) is 5.11 Å². The zero-order chi connectivity index (χ0) is 15.1. The Morgan fingerprint density at radius 2 is 1.15 bits per heavy atom. The second kappa shape index (κ2) is 13.6. The van der Waals surface area contributed by atoms with Crippen molar-refractivity contribution in [1.82, 2.24) is 0 Å². The van der Waals surface area contributed by atoms with Crippen LogP contribution in [0.2, 0.25) is 0 Å². The number of rotatable bonds is 15. The number of allylic oxidation sites excluding steroid dienone is 1. The first-order valence-electron chi connectivity index (χ1n) is 8.29. The van der Waals surface area contributed by atoms with Gasteiger partial charge in [-0.2, -0.15) is 0 Å². The van der Waals surface area contributed by atoms with E-state index in [1.165, 1.54) is 44.9 Å². The van der Waals surface area contributed by atoms with Gasteiger partial charge >= 0.3 is 0 Å².